The Kier molecular flexibility index (Phi) is 8.82. The molecule has 0 N–H and O–H groups in total. The predicted molar refractivity (Wildman–Crippen MR) is 277 cm³/mol. The summed E-state index contributed by atoms with van der Waals surface area (Å²) in [4.78, 5) is 2.53. The Morgan fingerprint density at radius 1 is 0.242 bits per heavy atom. The Bertz CT molecular complexity index is 3600. The van der Waals surface area contributed by atoms with Gasteiger partial charge in [0.15, 0.2) is 0 Å². The molecular weight excluding hydrogens is 795 g/mol. The monoisotopic (exact) mass is 837 g/mol. The molecular formula is C65H43N. The molecule has 0 aromatic heterocycles. The minimum absolute atomic E-state index is 0.466. The van der Waals surface area contributed by atoms with Crippen molar-refractivity contribution < 1.29 is 0 Å². The second-order valence-electron chi connectivity index (χ2n) is 17.5. The van der Waals surface area contributed by atoms with Gasteiger partial charge in [0, 0.05) is 16.8 Å². The van der Waals surface area contributed by atoms with Gasteiger partial charge >= 0.3 is 0 Å². The van der Waals surface area contributed by atoms with Crippen molar-refractivity contribution in [2.75, 3.05) is 4.90 Å². The molecule has 11 aromatic rings. The number of anilines is 3. The van der Waals surface area contributed by atoms with E-state index in [4.69, 9.17) is 0 Å². The van der Waals surface area contributed by atoms with Crippen LogP contribution in [0.5, 0.6) is 0 Å². The topological polar surface area (TPSA) is 3.24 Å². The summed E-state index contributed by atoms with van der Waals surface area (Å²) in [7, 11) is 0. The maximum absolute atomic E-state index is 2.53. The van der Waals surface area contributed by atoms with Crippen molar-refractivity contribution in [2.24, 2.45) is 0 Å². The van der Waals surface area contributed by atoms with Gasteiger partial charge in [0.1, 0.15) is 0 Å². The van der Waals surface area contributed by atoms with E-state index in [0.717, 1.165) is 22.6 Å². The zero-order valence-electron chi connectivity index (χ0n) is 36.3. The lowest BCUT2D eigenvalue weighted by molar-refractivity contribution is 0.794. The Balaban J connectivity index is 1.07. The molecule has 0 saturated carbocycles. The number of fused-ring (bicyclic) bond motifs is 11. The number of hydrogen-bond donors (Lipinski definition) is 0. The summed E-state index contributed by atoms with van der Waals surface area (Å²) < 4.78 is 0. The highest BCUT2D eigenvalue weighted by Gasteiger charge is 2.52. The van der Waals surface area contributed by atoms with Gasteiger partial charge in [0.25, 0.3) is 0 Å². The minimum Gasteiger partial charge on any atom is -0.309 e. The van der Waals surface area contributed by atoms with Crippen LogP contribution in [0.4, 0.5) is 17.1 Å². The normalized spacial score (nSPS) is 12.7. The van der Waals surface area contributed by atoms with Crippen molar-refractivity contribution >= 4 is 27.8 Å². The number of benzene rings is 11. The SMILES string of the molecule is c1ccc(-c2ccccc2-c2ccccc2-c2ccccc2N(c2ccc(-c3cccc4ccccc34)cc2)c2cccc3c2-c2ccccc2C32c3ccccc3-c3ccccc32)cc1. The fourth-order valence-corrected chi connectivity index (χ4v) is 11.4. The van der Waals surface area contributed by atoms with Crippen LogP contribution in [0.3, 0.4) is 0 Å². The van der Waals surface area contributed by atoms with Gasteiger partial charge in [-0.3, -0.25) is 0 Å². The third-order valence-corrected chi connectivity index (χ3v) is 14.1. The van der Waals surface area contributed by atoms with Gasteiger partial charge in [-0.2, -0.15) is 0 Å². The molecule has 2 aliphatic rings. The summed E-state index contributed by atoms with van der Waals surface area (Å²) in [6.45, 7) is 0. The second-order valence-corrected chi connectivity index (χ2v) is 17.5. The maximum Gasteiger partial charge on any atom is 0.0726 e. The van der Waals surface area contributed by atoms with E-state index >= 15 is 0 Å². The summed E-state index contributed by atoms with van der Waals surface area (Å²) >= 11 is 0. The number of rotatable bonds is 7. The predicted octanol–water partition coefficient (Wildman–Crippen LogP) is 17.3. The van der Waals surface area contributed by atoms with E-state index in [1.807, 2.05) is 0 Å². The van der Waals surface area contributed by atoms with Crippen molar-refractivity contribution in [1.29, 1.82) is 0 Å². The first kappa shape index (κ1) is 38.0. The van der Waals surface area contributed by atoms with E-state index in [-0.39, 0.29) is 0 Å². The lowest BCUT2D eigenvalue weighted by Crippen LogP contribution is -2.26. The summed E-state index contributed by atoms with van der Waals surface area (Å²) in [5.74, 6) is 0. The van der Waals surface area contributed by atoms with Crippen LogP contribution in [0.15, 0.2) is 261 Å². The van der Waals surface area contributed by atoms with Gasteiger partial charge in [0.2, 0.25) is 0 Å². The molecule has 0 fully saturated rings. The van der Waals surface area contributed by atoms with E-state index in [0.29, 0.717) is 0 Å². The fraction of sp³-hybridized carbons (Fsp3) is 0.0154. The fourth-order valence-electron chi connectivity index (χ4n) is 11.4. The third-order valence-electron chi connectivity index (χ3n) is 14.1. The molecule has 0 unspecified atom stereocenters. The van der Waals surface area contributed by atoms with E-state index in [1.165, 1.54) is 94.2 Å². The Morgan fingerprint density at radius 3 is 1.36 bits per heavy atom. The largest absolute Gasteiger partial charge is 0.309 e. The molecule has 11 aromatic carbocycles. The van der Waals surface area contributed by atoms with Crippen LogP contribution >= 0.6 is 0 Å². The third kappa shape index (κ3) is 5.67. The Morgan fingerprint density at radius 2 is 0.667 bits per heavy atom. The highest BCUT2D eigenvalue weighted by molar-refractivity contribution is 6.04. The number of hydrogen-bond acceptors (Lipinski definition) is 1. The van der Waals surface area contributed by atoms with Gasteiger partial charge in [-0.1, -0.05) is 237 Å². The lowest BCUT2D eigenvalue weighted by atomic mass is 9.70. The average Bonchev–Trinajstić information content (AvgIpc) is 3.87. The molecule has 13 rings (SSSR count). The average molecular weight is 838 g/mol. The van der Waals surface area contributed by atoms with Gasteiger partial charge in [0.05, 0.1) is 16.8 Å². The molecule has 308 valence electrons. The number of nitrogens with zero attached hydrogens (tertiary/aromatic N) is 1. The van der Waals surface area contributed by atoms with Crippen LogP contribution in [0.1, 0.15) is 22.3 Å². The van der Waals surface area contributed by atoms with Crippen LogP contribution in [0.25, 0.3) is 77.5 Å². The summed E-state index contributed by atoms with van der Waals surface area (Å²) in [5, 5.41) is 2.49. The van der Waals surface area contributed by atoms with Gasteiger partial charge in [-0.15, -0.1) is 0 Å². The quantitative estimate of drug-likeness (QED) is 0.155. The van der Waals surface area contributed by atoms with Crippen molar-refractivity contribution in [3.05, 3.63) is 283 Å². The van der Waals surface area contributed by atoms with E-state index in [9.17, 15) is 0 Å². The molecule has 0 amide bonds. The van der Waals surface area contributed by atoms with Crippen LogP contribution < -0.4 is 4.90 Å². The van der Waals surface area contributed by atoms with Crippen LogP contribution in [-0.4, -0.2) is 0 Å². The standard InChI is InChI=1S/C65H43N/c1-2-20-44(21-3-1)50-25-6-7-26-51(50)52-27-8-9-28-53(52)56-31-13-17-38-62(56)66(47-42-40-46(41-43-47)49-33-18-23-45-22-4-5-24-48(45)49)63-39-19-37-61-64(63)57-32-12-16-36-60(57)65(61)58-34-14-10-29-54(58)55-30-11-15-35-59(55)65/h1-43H. The molecule has 0 heterocycles. The highest BCUT2D eigenvalue weighted by atomic mass is 15.1. The second kappa shape index (κ2) is 15.3. The van der Waals surface area contributed by atoms with Crippen molar-refractivity contribution in [3.8, 4) is 66.8 Å². The van der Waals surface area contributed by atoms with Crippen LogP contribution in [0.2, 0.25) is 0 Å². The molecule has 0 bridgehead atoms. The summed E-state index contributed by atoms with van der Waals surface area (Å²) in [5.41, 5.74) is 22.9. The molecule has 1 spiro atoms. The van der Waals surface area contributed by atoms with Crippen molar-refractivity contribution in [2.45, 2.75) is 5.41 Å². The zero-order chi connectivity index (χ0) is 43.6. The van der Waals surface area contributed by atoms with Gasteiger partial charge < -0.3 is 4.90 Å². The minimum atomic E-state index is -0.466. The number of para-hydroxylation sites is 1. The summed E-state index contributed by atoms with van der Waals surface area (Å²) in [6, 6.07) is 96.3. The molecule has 0 aliphatic heterocycles. The molecule has 66 heavy (non-hydrogen) atoms. The molecule has 1 nitrogen and oxygen atoms in total. The van der Waals surface area contributed by atoms with Crippen LogP contribution in [-0.2, 0) is 5.41 Å². The molecule has 1 heteroatoms. The molecule has 0 radical (unpaired) electrons. The van der Waals surface area contributed by atoms with Crippen LogP contribution in [0, 0.1) is 0 Å². The first-order valence-corrected chi connectivity index (χ1v) is 22.9. The Labute approximate surface area is 386 Å². The van der Waals surface area contributed by atoms with E-state index < -0.39 is 5.41 Å². The van der Waals surface area contributed by atoms with E-state index in [1.54, 1.807) is 0 Å². The zero-order valence-corrected chi connectivity index (χ0v) is 36.3. The lowest BCUT2D eigenvalue weighted by Gasteiger charge is -2.32. The first-order valence-electron chi connectivity index (χ1n) is 22.9. The van der Waals surface area contributed by atoms with Crippen molar-refractivity contribution in [1.82, 2.24) is 0 Å². The van der Waals surface area contributed by atoms with Gasteiger partial charge in [-0.25, -0.2) is 0 Å². The first-order chi connectivity index (χ1) is 32.8. The van der Waals surface area contributed by atoms with Gasteiger partial charge in [-0.05, 0) is 113 Å². The van der Waals surface area contributed by atoms with Crippen molar-refractivity contribution in [3.63, 3.8) is 0 Å². The van der Waals surface area contributed by atoms with E-state index in [2.05, 4.69) is 266 Å². The highest BCUT2D eigenvalue weighted by Crippen LogP contribution is 2.65. The molecule has 0 saturated heterocycles. The molecule has 2 aliphatic carbocycles. The maximum atomic E-state index is 2.53. The molecule has 0 atom stereocenters. The summed E-state index contributed by atoms with van der Waals surface area (Å²) in [6.07, 6.45) is 0. The smallest absolute Gasteiger partial charge is 0.0726 e. The Hall–Kier alpha value is -8.52.